The molecule has 2 N–H and O–H groups in total. The zero-order valence-corrected chi connectivity index (χ0v) is 19.1. The highest BCUT2D eigenvalue weighted by molar-refractivity contribution is 5.84. The summed E-state index contributed by atoms with van der Waals surface area (Å²) in [5.41, 5.74) is 4.65. The van der Waals surface area contributed by atoms with E-state index in [1.807, 2.05) is 24.3 Å². The van der Waals surface area contributed by atoms with E-state index in [2.05, 4.69) is 36.2 Å². The average molecular weight is 463 g/mol. The molecule has 7 heteroatoms. The molecule has 7 nitrogen and oxygen atoms in total. The van der Waals surface area contributed by atoms with Gasteiger partial charge in [0.1, 0.15) is 13.2 Å². The minimum atomic E-state index is -1.05. The van der Waals surface area contributed by atoms with E-state index < -0.39 is 12.1 Å². The molecule has 1 fully saturated rings. The lowest BCUT2D eigenvalue weighted by molar-refractivity contribution is -0.146. The van der Waals surface area contributed by atoms with Crippen molar-refractivity contribution >= 4 is 18.0 Å². The van der Waals surface area contributed by atoms with Crippen molar-refractivity contribution in [2.24, 2.45) is 11.8 Å². The monoisotopic (exact) mass is 462 g/mol. The highest BCUT2D eigenvalue weighted by atomic mass is 16.5. The van der Waals surface area contributed by atoms with Crippen LogP contribution in [-0.4, -0.2) is 54.2 Å². The molecule has 0 radical (unpaired) electrons. The molecule has 2 aromatic rings. The molecule has 2 aliphatic rings. The Bertz CT molecular complexity index is 1040. The topological polar surface area (TPSA) is 95.9 Å². The Morgan fingerprint density at radius 2 is 1.71 bits per heavy atom. The summed E-state index contributed by atoms with van der Waals surface area (Å²) in [7, 11) is 0. The molecular weight excluding hydrogens is 432 g/mol. The van der Waals surface area contributed by atoms with Gasteiger partial charge in [-0.05, 0) is 41.0 Å². The number of fused-ring (bicyclic) bond motifs is 3. The number of carboxylic acids is 1. The zero-order valence-electron chi connectivity index (χ0n) is 19.1. The third-order valence-electron chi connectivity index (χ3n) is 6.82. The second-order valence-corrected chi connectivity index (χ2v) is 8.91. The van der Waals surface area contributed by atoms with Gasteiger partial charge in [-0.15, -0.1) is 6.58 Å². The van der Waals surface area contributed by atoms with Gasteiger partial charge in [0.25, 0.3) is 0 Å². The number of amides is 2. The Morgan fingerprint density at radius 3 is 2.32 bits per heavy atom. The second-order valence-electron chi connectivity index (χ2n) is 8.91. The Balaban J connectivity index is 1.33. The molecule has 2 aliphatic carbocycles. The SMILES string of the molecule is C=CCN(CC(=O)O)C(=O)[C@@H]1CCC[C@@H]1CNC(=O)OCC1c2ccccc2-c2ccccc21. The van der Waals surface area contributed by atoms with Gasteiger partial charge in [0.2, 0.25) is 5.91 Å². The van der Waals surface area contributed by atoms with Crippen LogP contribution in [-0.2, 0) is 14.3 Å². The molecular formula is C27H30N2O5. The van der Waals surface area contributed by atoms with Crippen LogP contribution in [0.1, 0.15) is 36.3 Å². The Hall–Kier alpha value is -3.61. The third-order valence-corrected chi connectivity index (χ3v) is 6.82. The van der Waals surface area contributed by atoms with Crippen LogP contribution in [0, 0.1) is 11.8 Å². The van der Waals surface area contributed by atoms with Gasteiger partial charge in [0, 0.05) is 24.9 Å². The number of aliphatic carboxylic acids is 1. The first-order valence-electron chi connectivity index (χ1n) is 11.7. The predicted molar refractivity (Wildman–Crippen MR) is 128 cm³/mol. The highest BCUT2D eigenvalue weighted by Crippen LogP contribution is 2.44. The number of hydrogen-bond donors (Lipinski definition) is 2. The molecule has 34 heavy (non-hydrogen) atoms. The van der Waals surface area contributed by atoms with Crippen molar-refractivity contribution in [3.05, 3.63) is 72.3 Å². The summed E-state index contributed by atoms with van der Waals surface area (Å²) in [6.07, 6.45) is 3.37. The zero-order chi connectivity index (χ0) is 24.1. The fraction of sp³-hybridized carbons (Fsp3) is 0.370. The van der Waals surface area contributed by atoms with Gasteiger partial charge in [-0.25, -0.2) is 4.79 Å². The van der Waals surface area contributed by atoms with Crippen LogP contribution in [0.15, 0.2) is 61.2 Å². The third kappa shape index (κ3) is 4.98. The molecule has 2 aromatic carbocycles. The van der Waals surface area contributed by atoms with Gasteiger partial charge in [0.15, 0.2) is 0 Å². The first-order valence-corrected chi connectivity index (χ1v) is 11.7. The Kier molecular flexibility index (Phi) is 7.30. The van der Waals surface area contributed by atoms with Crippen LogP contribution >= 0.6 is 0 Å². The molecule has 0 aliphatic heterocycles. The van der Waals surface area contributed by atoms with Crippen molar-refractivity contribution < 1.29 is 24.2 Å². The quantitative estimate of drug-likeness (QED) is 0.549. The number of nitrogens with zero attached hydrogens (tertiary/aromatic N) is 1. The number of ether oxygens (including phenoxy) is 1. The van der Waals surface area contributed by atoms with Crippen molar-refractivity contribution in [3.63, 3.8) is 0 Å². The average Bonchev–Trinajstić information content (AvgIpc) is 3.43. The van der Waals surface area contributed by atoms with E-state index in [-0.39, 0.29) is 43.4 Å². The largest absolute Gasteiger partial charge is 0.480 e. The van der Waals surface area contributed by atoms with Crippen LogP contribution in [0.5, 0.6) is 0 Å². The number of nitrogens with one attached hydrogen (secondary N) is 1. The van der Waals surface area contributed by atoms with Crippen molar-refractivity contribution in [2.45, 2.75) is 25.2 Å². The van der Waals surface area contributed by atoms with E-state index in [1.54, 1.807) is 0 Å². The van der Waals surface area contributed by atoms with E-state index in [4.69, 9.17) is 9.84 Å². The maximum atomic E-state index is 12.9. The van der Waals surface area contributed by atoms with Gasteiger partial charge in [-0.3, -0.25) is 9.59 Å². The Labute approximate surface area is 199 Å². The van der Waals surface area contributed by atoms with Gasteiger partial charge in [-0.1, -0.05) is 61.0 Å². The summed E-state index contributed by atoms with van der Waals surface area (Å²) in [5.74, 6) is -1.62. The first kappa shape index (κ1) is 23.5. The van der Waals surface area contributed by atoms with Crippen LogP contribution in [0.4, 0.5) is 4.79 Å². The minimum Gasteiger partial charge on any atom is -0.480 e. The summed E-state index contributed by atoms with van der Waals surface area (Å²) in [6.45, 7) is 4.01. The number of carbonyl (C=O) groups is 3. The molecule has 2 atom stereocenters. The molecule has 2 amide bonds. The minimum absolute atomic E-state index is 0.0116. The first-order chi connectivity index (χ1) is 16.5. The molecule has 0 heterocycles. The van der Waals surface area contributed by atoms with Crippen LogP contribution in [0.3, 0.4) is 0 Å². The van der Waals surface area contributed by atoms with E-state index in [9.17, 15) is 14.4 Å². The smallest absolute Gasteiger partial charge is 0.407 e. The summed E-state index contributed by atoms with van der Waals surface area (Å²) in [5, 5.41) is 11.9. The van der Waals surface area contributed by atoms with Crippen molar-refractivity contribution in [3.8, 4) is 11.1 Å². The maximum Gasteiger partial charge on any atom is 0.407 e. The molecule has 0 unspecified atom stereocenters. The van der Waals surface area contributed by atoms with Crippen LogP contribution < -0.4 is 5.32 Å². The lowest BCUT2D eigenvalue weighted by Crippen LogP contribution is -2.43. The standard InChI is InChI=1S/C27H30N2O5/c1-2-14-29(16-25(30)31)26(32)19-13-7-8-18(19)15-28-27(33)34-17-24-22-11-5-3-9-20(22)21-10-4-6-12-23(21)24/h2-6,9-12,18-19,24H,1,7-8,13-17H2,(H,28,33)(H,30,31)/t18-,19-/m1/s1. The normalized spacial score (nSPS) is 18.6. The van der Waals surface area contributed by atoms with Gasteiger partial charge < -0.3 is 20.1 Å². The van der Waals surface area contributed by atoms with Crippen molar-refractivity contribution in [1.29, 1.82) is 0 Å². The van der Waals surface area contributed by atoms with Crippen molar-refractivity contribution in [2.75, 3.05) is 26.2 Å². The number of carbonyl (C=O) groups excluding carboxylic acids is 2. The number of benzene rings is 2. The molecule has 0 spiro atoms. The van der Waals surface area contributed by atoms with Crippen molar-refractivity contribution in [1.82, 2.24) is 10.2 Å². The number of rotatable bonds is 9. The molecule has 0 saturated heterocycles. The van der Waals surface area contributed by atoms with E-state index >= 15 is 0 Å². The fourth-order valence-corrected chi connectivity index (χ4v) is 5.26. The van der Waals surface area contributed by atoms with E-state index in [0.717, 1.165) is 24.0 Å². The summed E-state index contributed by atoms with van der Waals surface area (Å²) >= 11 is 0. The number of hydrogen-bond acceptors (Lipinski definition) is 4. The summed E-state index contributed by atoms with van der Waals surface area (Å²) in [4.78, 5) is 37.9. The highest BCUT2D eigenvalue weighted by Gasteiger charge is 2.36. The predicted octanol–water partition coefficient (Wildman–Crippen LogP) is 4.04. The molecule has 0 bridgehead atoms. The molecule has 0 aromatic heterocycles. The van der Waals surface area contributed by atoms with E-state index in [1.165, 1.54) is 22.1 Å². The lowest BCUT2D eigenvalue weighted by atomic mass is 9.94. The Morgan fingerprint density at radius 1 is 1.06 bits per heavy atom. The van der Waals surface area contributed by atoms with Gasteiger partial charge in [-0.2, -0.15) is 0 Å². The summed E-state index contributed by atoms with van der Waals surface area (Å²) < 4.78 is 5.60. The fourth-order valence-electron chi connectivity index (χ4n) is 5.26. The van der Waals surface area contributed by atoms with Crippen LogP contribution in [0.2, 0.25) is 0 Å². The molecule has 178 valence electrons. The number of carboxylic acid groups (broad SMARTS) is 1. The van der Waals surface area contributed by atoms with E-state index in [0.29, 0.717) is 13.0 Å². The van der Waals surface area contributed by atoms with Crippen LogP contribution in [0.25, 0.3) is 11.1 Å². The lowest BCUT2D eigenvalue weighted by Gasteiger charge is -2.26. The molecule has 1 saturated carbocycles. The van der Waals surface area contributed by atoms with Gasteiger partial charge in [0.05, 0.1) is 0 Å². The summed E-state index contributed by atoms with van der Waals surface area (Å²) in [6, 6.07) is 16.3. The molecule has 4 rings (SSSR count). The maximum absolute atomic E-state index is 12.9. The second kappa shape index (κ2) is 10.5. The van der Waals surface area contributed by atoms with Gasteiger partial charge >= 0.3 is 12.1 Å². The number of alkyl carbamates (subject to hydrolysis) is 1.